The average Bonchev–Trinajstić information content (AvgIpc) is 3.14. The molecule has 0 aliphatic heterocycles. The number of aromatic nitrogens is 4. The number of halogens is 2. The molecule has 10 heteroatoms. The maximum absolute atomic E-state index is 13.8. The first-order valence-corrected chi connectivity index (χ1v) is 8.50. The van der Waals surface area contributed by atoms with E-state index in [1.165, 1.54) is 6.07 Å². The Balaban J connectivity index is 1.58. The monoisotopic (exact) mass is 398 g/mol. The van der Waals surface area contributed by atoms with Gasteiger partial charge in [0, 0.05) is 23.3 Å². The molecular formula is C19H16F2N6O2. The second-order valence-electron chi connectivity index (χ2n) is 5.94. The lowest BCUT2D eigenvalue weighted by atomic mass is 10.2. The minimum absolute atomic E-state index is 0.0229. The average molecular weight is 398 g/mol. The summed E-state index contributed by atoms with van der Waals surface area (Å²) in [6.45, 7) is 0. The zero-order valence-electron chi connectivity index (χ0n) is 15.5. The van der Waals surface area contributed by atoms with Gasteiger partial charge in [-0.15, -0.1) is 0 Å². The molecule has 0 aliphatic carbocycles. The standard InChI is InChI=1S/C19H16F2N6O2/c1-28-13-6-3-10(9-14(13)29-2)23-19-22-8-7-15(25-19)24-18-11-4-5-12(20)16(21)17(11)26-27-18/h3-9H,1-2H3,(H3,22,23,24,25,26,27). The van der Waals surface area contributed by atoms with Crippen molar-refractivity contribution >= 4 is 34.2 Å². The lowest BCUT2D eigenvalue weighted by Crippen LogP contribution is -2.01. The van der Waals surface area contributed by atoms with Gasteiger partial charge >= 0.3 is 0 Å². The molecule has 0 saturated heterocycles. The minimum atomic E-state index is -0.985. The maximum atomic E-state index is 13.8. The molecule has 0 bridgehead atoms. The van der Waals surface area contributed by atoms with Gasteiger partial charge in [0.1, 0.15) is 11.3 Å². The number of H-pyrrole nitrogens is 1. The van der Waals surface area contributed by atoms with Gasteiger partial charge in [-0.05, 0) is 30.3 Å². The Hall–Kier alpha value is -3.95. The summed E-state index contributed by atoms with van der Waals surface area (Å²) in [6, 6.07) is 9.41. The van der Waals surface area contributed by atoms with Crippen molar-refractivity contribution in [1.29, 1.82) is 0 Å². The zero-order valence-corrected chi connectivity index (χ0v) is 15.5. The molecule has 0 unspecified atom stereocenters. The van der Waals surface area contributed by atoms with Crippen molar-refractivity contribution in [3.63, 3.8) is 0 Å². The molecule has 0 aliphatic rings. The van der Waals surface area contributed by atoms with Gasteiger partial charge in [-0.1, -0.05) is 0 Å². The van der Waals surface area contributed by atoms with E-state index in [0.29, 0.717) is 40.2 Å². The number of nitrogens with zero attached hydrogens (tertiary/aromatic N) is 3. The maximum Gasteiger partial charge on any atom is 0.229 e. The lowest BCUT2D eigenvalue weighted by molar-refractivity contribution is 0.355. The second kappa shape index (κ2) is 7.58. The SMILES string of the molecule is COc1ccc(Nc2nccc(Nc3n[nH]c4c(F)c(F)ccc34)n2)cc1OC. The summed E-state index contributed by atoms with van der Waals surface area (Å²) in [4.78, 5) is 8.54. The molecule has 0 radical (unpaired) electrons. The van der Waals surface area contributed by atoms with Crippen LogP contribution in [0.3, 0.4) is 0 Å². The molecule has 8 nitrogen and oxygen atoms in total. The molecule has 0 saturated carbocycles. The van der Waals surface area contributed by atoms with Crippen LogP contribution in [-0.4, -0.2) is 34.4 Å². The third-order valence-corrected chi connectivity index (χ3v) is 4.17. The molecule has 0 spiro atoms. The van der Waals surface area contributed by atoms with Gasteiger partial charge < -0.3 is 20.1 Å². The van der Waals surface area contributed by atoms with E-state index in [2.05, 4.69) is 30.8 Å². The number of rotatable bonds is 6. The molecule has 29 heavy (non-hydrogen) atoms. The highest BCUT2D eigenvalue weighted by molar-refractivity contribution is 5.91. The van der Waals surface area contributed by atoms with Crippen LogP contribution >= 0.6 is 0 Å². The van der Waals surface area contributed by atoms with Crippen LogP contribution in [0.4, 0.5) is 32.1 Å². The first-order chi connectivity index (χ1) is 14.1. The molecule has 4 rings (SSSR count). The third-order valence-electron chi connectivity index (χ3n) is 4.17. The molecule has 3 N–H and O–H groups in total. The molecule has 2 heterocycles. The van der Waals surface area contributed by atoms with Crippen LogP contribution in [-0.2, 0) is 0 Å². The van der Waals surface area contributed by atoms with Crippen molar-refractivity contribution in [3.8, 4) is 11.5 Å². The summed E-state index contributed by atoms with van der Waals surface area (Å²) in [6.07, 6.45) is 1.55. The number of benzene rings is 2. The van der Waals surface area contributed by atoms with Crippen molar-refractivity contribution in [2.45, 2.75) is 0 Å². The number of ether oxygens (including phenoxy) is 2. The van der Waals surface area contributed by atoms with Gasteiger partial charge in [-0.25, -0.2) is 13.8 Å². The van der Waals surface area contributed by atoms with Gasteiger partial charge in [-0.2, -0.15) is 10.1 Å². The molecule has 4 aromatic rings. The van der Waals surface area contributed by atoms with Crippen LogP contribution in [0.15, 0.2) is 42.6 Å². The number of hydrogen-bond acceptors (Lipinski definition) is 7. The van der Waals surface area contributed by atoms with E-state index in [-0.39, 0.29) is 5.52 Å². The molecule has 0 fully saturated rings. The molecule has 148 valence electrons. The van der Waals surface area contributed by atoms with Crippen LogP contribution in [0.25, 0.3) is 10.9 Å². The van der Waals surface area contributed by atoms with Gasteiger partial charge in [0.05, 0.1) is 14.2 Å². The summed E-state index contributed by atoms with van der Waals surface area (Å²) < 4.78 is 37.7. The Morgan fingerprint density at radius 1 is 0.966 bits per heavy atom. The Morgan fingerprint density at radius 2 is 1.79 bits per heavy atom. The highest BCUT2D eigenvalue weighted by Gasteiger charge is 2.14. The zero-order chi connectivity index (χ0) is 20.4. The highest BCUT2D eigenvalue weighted by atomic mass is 19.2. The molecule has 2 aromatic carbocycles. The van der Waals surface area contributed by atoms with Crippen molar-refractivity contribution in [2.75, 3.05) is 24.9 Å². The van der Waals surface area contributed by atoms with E-state index in [0.717, 1.165) is 6.07 Å². The minimum Gasteiger partial charge on any atom is -0.493 e. The summed E-state index contributed by atoms with van der Waals surface area (Å²) in [5.41, 5.74) is 0.674. The van der Waals surface area contributed by atoms with Crippen LogP contribution in [0.1, 0.15) is 0 Å². The first kappa shape index (κ1) is 18.4. The quantitative estimate of drug-likeness (QED) is 0.449. The Kier molecular flexibility index (Phi) is 4.82. The van der Waals surface area contributed by atoms with E-state index < -0.39 is 11.6 Å². The van der Waals surface area contributed by atoms with Crippen molar-refractivity contribution in [3.05, 3.63) is 54.2 Å². The van der Waals surface area contributed by atoms with Gasteiger partial charge in [0.25, 0.3) is 0 Å². The van der Waals surface area contributed by atoms with Crippen LogP contribution in [0.5, 0.6) is 11.5 Å². The van der Waals surface area contributed by atoms with E-state index in [4.69, 9.17) is 9.47 Å². The van der Waals surface area contributed by atoms with Crippen molar-refractivity contribution in [1.82, 2.24) is 20.2 Å². The van der Waals surface area contributed by atoms with Crippen LogP contribution in [0, 0.1) is 11.6 Å². The molecule has 0 atom stereocenters. The Morgan fingerprint density at radius 3 is 2.59 bits per heavy atom. The normalized spacial score (nSPS) is 10.8. The summed E-state index contributed by atoms with van der Waals surface area (Å²) in [7, 11) is 3.10. The Bertz CT molecular complexity index is 1180. The number of nitrogens with one attached hydrogen (secondary N) is 3. The number of fused-ring (bicyclic) bond motifs is 1. The molecule has 0 amide bonds. The largest absolute Gasteiger partial charge is 0.493 e. The van der Waals surface area contributed by atoms with Crippen molar-refractivity contribution < 1.29 is 18.3 Å². The Labute approximate surface area is 163 Å². The lowest BCUT2D eigenvalue weighted by Gasteiger charge is -2.11. The summed E-state index contributed by atoms with van der Waals surface area (Å²) >= 11 is 0. The van der Waals surface area contributed by atoms with Gasteiger partial charge in [0.15, 0.2) is 29.0 Å². The van der Waals surface area contributed by atoms with Crippen LogP contribution < -0.4 is 20.1 Å². The first-order valence-electron chi connectivity index (χ1n) is 8.50. The second-order valence-corrected chi connectivity index (χ2v) is 5.94. The summed E-state index contributed by atoms with van der Waals surface area (Å²) in [5, 5.41) is 12.9. The fourth-order valence-corrected chi connectivity index (χ4v) is 2.78. The van der Waals surface area contributed by atoms with E-state index in [1.54, 1.807) is 44.7 Å². The molecular weight excluding hydrogens is 382 g/mol. The van der Waals surface area contributed by atoms with Crippen LogP contribution in [0.2, 0.25) is 0 Å². The molecule has 2 aromatic heterocycles. The highest BCUT2D eigenvalue weighted by Crippen LogP contribution is 2.31. The number of aromatic amines is 1. The number of methoxy groups -OCH3 is 2. The van der Waals surface area contributed by atoms with Crippen molar-refractivity contribution in [2.24, 2.45) is 0 Å². The third kappa shape index (κ3) is 3.59. The van der Waals surface area contributed by atoms with Gasteiger partial charge in [-0.3, -0.25) is 5.10 Å². The predicted octanol–water partition coefficient (Wildman–Crippen LogP) is 4.14. The number of hydrogen-bond donors (Lipinski definition) is 3. The van der Waals surface area contributed by atoms with E-state index >= 15 is 0 Å². The topological polar surface area (TPSA) is 97.0 Å². The summed E-state index contributed by atoms with van der Waals surface area (Å²) in [5.74, 6) is 0.278. The predicted molar refractivity (Wildman–Crippen MR) is 104 cm³/mol. The smallest absolute Gasteiger partial charge is 0.229 e. The van der Waals surface area contributed by atoms with E-state index in [9.17, 15) is 8.78 Å². The van der Waals surface area contributed by atoms with Gasteiger partial charge in [0.2, 0.25) is 5.95 Å². The number of anilines is 4. The fraction of sp³-hybridized carbons (Fsp3) is 0.105. The fourth-order valence-electron chi connectivity index (χ4n) is 2.78. The van der Waals surface area contributed by atoms with E-state index in [1.807, 2.05) is 0 Å².